The maximum absolute atomic E-state index is 13.2. The molecule has 1 saturated heterocycles. The van der Waals surface area contributed by atoms with Crippen LogP contribution in [0.4, 0.5) is 0 Å². The van der Waals surface area contributed by atoms with Gasteiger partial charge in [-0.25, -0.2) is 0 Å². The number of carbonyl (C=O) groups is 2. The maximum Gasteiger partial charge on any atom is 0.248 e. The van der Waals surface area contributed by atoms with Gasteiger partial charge in [-0.1, -0.05) is 43.3 Å². The molecule has 2 aromatic carbocycles. The van der Waals surface area contributed by atoms with Crippen molar-refractivity contribution in [2.75, 3.05) is 20.6 Å². The third kappa shape index (κ3) is 3.33. The lowest BCUT2D eigenvalue weighted by molar-refractivity contribution is -0.136. The van der Waals surface area contributed by atoms with E-state index in [1.165, 1.54) is 11.1 Å². The molecule has 2 amide bonds. The predicted octanol–water partition coefficient (Wildman–Crippen LogP) is 2.37. The average molecular weight is 392 g/mol. The predicted molar refractivity (Wildman–Crippen MR) is 114 cm³/mol. The molecule has 0 radical (unpaired) electrons. The molecule has 5 nitrogen and oxygen atoms in total. The smallest absolute Gasteiger partial charge is 0.248 e. The summed E-state index contributed by atoms with van der Waals surface area (Å²) in [4.78, 5) is 29.3. The fourth-order valence-corrected chi connectivity index (χ4v) is 5.35. The minimum absolute atomic E-state index is 0.0492. The van der Waals surface area contributed by atoms with Crippen molar-refractivity contribution in [1.29, 1.82) is 0 Å². The highest BCUT2D eigenvalue weighted by Crippen LogP contribution is 2.46. The van der Waals surface area contributed by atoms with Crippen LogP contribution < -0.4 is 5.73 Å². The number of likely N-dealkylation sites (tertiary alicyclic amines) is 1. The van der Waals surface area contributed by atoms with Gasteiger partial charge in [-0.15, -0.1) is 0 Å². The molecule has 1 unspecified atom stereocenters. The number of nitrogens with zero attached hydrogens (tertiary/aromatic N) is 2. The fourth-order valence-electron chi connectivity index (χ4n) is 5.35. The molecular weight excluding hydrogens is 362 g/mol. The van der Waals surface area contributed by atoms with Crippen LogP contribution in [0.15, 0.2) is 48.5 Å². The van der Waals surface area contributed by atoms with Gasteiger partial charge in [0.25, 0.3) is 0 Å². The van der Waals surface area contributed by atoms with Crippen LogP contribution in [-0.2, 0) is 23.1 Å². The average Bonchev–Trinajstić information content (AvgIpc) is 2.71. The molecule has 1 heterocycles. The Labute approximate surface area is 172 Å². The van der Waals surface area contributed by atoms with Gasteiger partial charge in [-0.05, 0) is 55.3 Å². The van der Waals surface area contributed by atoms with E-state index < -0.39 is 5.91 Å². The quantitative estimate of drug-likeness (QED) is 0.870. The summed E-state index contributed by atoms with van der Waals surface area (Å²) in [6.45, 7) is 3.21. The van der Waals surface area contributed by atoms with Crippen molar-refractivity contribution in [3.63, 3.8) is 0 Å². The minimum atomic E-state index is -0.406. The molecule has 2 bridgehead atoms. The second-order valence-electron chi connectivity index (χ2n) is 8.77. The summed E-state index contributed by atoms with van der Waals surface area (Å²) in [6, 6.07) is 16.0. The summed E-state index contributed by atoms with van der Waals surface area (Å²) >= 11 is 0. The number of primary amides is 1. The molecule has 5 heteroatoms. The number of hydrogen-bond acceptors (Lipinski definition) is 3. The molecule has 2 aromatic rings. The molecule has 0 aromatic heterocycles. The third-order valence-corrected chi connectivity index (χ3v) is 7.01. The highest BCUT2D eigenvalue weighted by molar-refractivity contribution is 5.93. The first-order valence-electron chi connectivity index (χ1n) is 10.2. The van der Waals surface area contributed by atoms with Crippen LogP contribution in [0.3, 0.4) is 0 Å². The standard InChI is InChI=1S/C24H29N3O2/c1-24-11-12-26(2)20(15-17-9-10-18(23(25)29)14-19(17)24)22(24)27(3)21(28)13-16-7-5-4-6-8-16/h4-10,14,20,22H,11-13,15H2,1-3H3,(H2,25,29)/t20-,22+,24?/m1/s1. The van der Waals surface area contributed by atoms with Gasteiger partial charge in [0, 0.05) is 24.1 Å². The lowest BCUT2D eigenvalue weighted by atomic mass is 9.61. The topological polar surface area (TPSA) is 66.6 Å². The van der Waals surface area contributed by atoms with Gasteiger partial charge in [0.05, 0.1) is 12.5 Å². The Hall–Kier alpha value is -2.66. The molecule has 2 N–H and O–H groups in total. The fraction of sp³-hybridized carbons (Fsp3) is 0.417. The molecule has 2 aliphatic rings. The summed E-state index contributed by atoms with van der Waals surface area (Å²) in [5, 5.41) is 0. The first-order valence-corrected chi connectivity index (χ1v) is 10.2. The van der Waals surface area contributed by atoms with Crippen molar-refractivity contribution >= 4 is 11.8 Å². The Kier molecular flexibility index (Phi) is 4.95. The van der Waals surface area contributed by atoms with E-state index in [0.717, 1.165) is 24.9 Å². The van der Waals surface area contributed by atoms with Crippen molar-refractivity contribution in [2.24, 2.45) is 5.73 Å². The van der Waals surface area contributed by atoms with Crippen molar-refractivity contribution in [2.45, 2.75) is 43.7 Å². The van der Waals surface area contributed by atoms with Crippen LogP contribution in [-0.4, -0.2) is 54.3 Å². The van der Waals surface area contributed by atoms with Gasteiger partial charge < -0.3 is 15.5 Å². The Morgan fingerprint density at radius 3 is 2.62 bits per heavy atom. The van der Waals surface area contributed by atoms with Crippen molar-refractivity contribution < 1.29 is 9.59 Å². The zero-order valence-electron chi connectivity index (χ0n) is 17.4. The van der Waals surface area contributed by atoms with Gasteiger partial charge in [0.2, 0.25) is 11.8 Å². The van der Waals surface area contributed by atoms with Crippen LogP contribution in [0, 0.1) is 0 Å². The maximum atomic E-state index is 13.2. The number of carbonyl (C=O) groups excluding carboxylic acids is 2. The van der Waals surface area contributed by atoms with E-state index in [1.807, 2.05) is 60.5 Å². The van der Waals surface area contributed by atoms with Gasteiger partial charge in [0.15, 0.2) is 0 Å². The van der Waals surface area contributed by atoms with Crippen molar-refractivity contribution in [3.05, 3.63) is 70.8 Å². The van der Waals surface area contributed by atoms with Crippen molar-refractivity contribution in [1.82, 2.24) is 9.80 Å². The zero-order chi connectivity index (χ0) is 20.8. The number of amides is 2. The van der Waals surface area contributed by atoms with Crippen LogP contribution in [0.1, 0.15) is 40.4 Å². The number of fused-ring (bicyclic) bond motifs is 4. The summed E-state index contributed by atoms with van der Waals surface area (Å²) in [5.74, 6) is -0.279. The zero-order valence-corrected chi connectivity index (χ0v) is 17.4. The van der Waals surface area contributed by atoms with Gasteiger partial charge >= 0.3 is 0 Å². The number of nitrogens with two attached hydrogens (primary N) is 1. The Morgan fingerprint density at radius 1 is 1.21 bits per heavy atom. The van der Waals surface area contributed by atoms with Gasteiger partial charge in [-0.3, -0.25) is 9.59 Å². The lowest BCUT2D eigenvalue weighted by Crippen LogP contribution is -2.67. The van der Waals surface area contributed by atoms with Crippen LogP contribution in [0.5, 0.6) is 0 Å². The number of piperidine rings is 1. The van der Waals surface area contributed by atoms with Crippen LogP contribution in [0.25, 0.3) is 0 Å². The SMILES string of the molecule is CN1CCC2(C)c3cc(C(N)=O)ccc3C[C@@H]1[C@@H]2N(C)C(=O)Cc1ccccc1. The van der Waals surface area contributed by atoms with E-state index in [-0.39, 0.29) is 23.4 Å². The first kappa shape index (κ1) is 19.6. The second kappa shape index (κ2) is 7.30. The number of likely N-dealkylation sites (N-methyl/N-ethyl adjacent to an activating group) is 2. The number of hydrogen-bond donors (Lipinski definition) is 1. The molecule has 1 fully saturated rings. The van der Waals surface area contributed by atoms with Crippen LogP contribution in [0.2, 0.25) is 0 Å². The summed E-state index contributed by atoms with van der Waals surface area (Å²) < 4.78 is 0. The van der Waals surface area contributed by atoms with Gasteiger partial charge in [-0.2, -0.15) is 0 Å². The Balaban J connectivity index is 1.71. The minimum Gasteiger partial charge on any atom is -0.366 e. The molecule has 0 spiro atoms. The molecule has 1 aliphatic heterocycles. The highest BCUT2D eigenvalue weighted by atomic mass is 16.2. The van der Waals surface area contributed by atoms with Gasteiger partial charge in [0.1, 0.15) is 0 Å². The third-order valence-electron chi connectivity index (χ3n) is 7.01. The molecule has 152 valence electrons. The van der Waals surface area contributed by atoms with E-state index >= 15 is 0 Å². The van der Waals surface area contributed by atoms with Crippen molar-refractivity contribution in [3.8, 4) is 0 Å². The molecule has 0 saturated carbocycles. The monoisotopic (exact) mass is 391 g/mol. The Bertz CT molecular complexity index is 942. The molecule has 29 heavy (non-hydrogen) atoms. The van der Waals surface area contributed by atoms with E-state index in [1.54, 1.807) is 0 Å². The normalized spacial score (nSPS) is 25.9. The summed E-state index contributed by atoms with van der Waals surface area (Å²) in [6.07, 6.45) is 2.20. The molecule has 1 aliphatic carbocycles. The molecular formula is C24H29N3O2. The second-order valence-corrected chi connectivity index (χ2v) is 8.77. The summed E-state index contributed by atoms with van der Waals surface area (Å²) in [5.41, 5.74) is 9.34. The Morgan fingerprint density at radius 2 is 1.93 bits per heavy atom. The summed E-state index contributed by atoms with van der Waals surface area (Å²) in [7, 11) is 4.08. The molecule has 4 rings (SSSR count). The molecule has 3 atom stereocenters. The van der Waals surface area contributed by atoms with Crippen LogP contribution >= 0.6 is 0 Å². The van der Waals surface area contributed by atoms with E-state index in [4.69, 9.17) is 5.73 Å². The largest absolute Gasteiger partial charge is 0.366 e. The van der Waals surface area contributed by atoms with E-state index in [2.05, 4.69) is 18.9 Å². The highest BCUT2D eigenvalue weighted by Gasteiger charge is 2.52. The number of rotatable bonds is 4. The van der Waals surface area contributed by atoms with E-state index in [9.17, 15) is 9.59 Å². The van der Waals surface area contributed by atoms with E-state index in [0.29, 0.717) is 12.0 Å². The number of benzene rings is 2. The lowest BCUT2D eigenvalue weighted by Gasteiger charge is -2.57. The first-order chi connectivity index (χ1) is 13.8.